The maximum absolute atomic E-state index is 12.6. The van der Waals surface area contributed by atoms with Gasteiger partial charge in [0.25, 0.3) is 5.91 Å². The molecule has 1 fully saturated rings. The lowest BCUT2D eigenvalue weighted by molar-refractivity contribution is -0.147. The molecule has 0 radical (unpaired) electrons. The maximum Gasteiger partial charge on any atom is 0.312 e. The second-order valence-electron chi connectivity index (χ2n) is 6.94. The van der Waals surface area contributed by atoms with E-state index in [0.29, 0.717) is 38.3 Å². The first-order valence-corrected chi connectivity index (χ1v) is 9.54. The third-order valence-corrected chi connectivity index (χ3v) is 4.34. The quantitative estimate of drug-likeness (QED) is 0.606. The molecule has 148 valence electrons. The van der Waals surface area contributed by atoms with E-state index < -0.39 is 11.8 Å². The van der Waals surface area contributed by atoms with Gasteiger partial charge in [-0.2, -0.15) is 0 Å². The van der Waals surface area contributed by atoms with E-state index in [1.54, 1.807) is 29.2 Å². The van der Waals surface area contributed by atoms with Gasteiger partial charge in [-0.1, -0.05) is 13.3 Å². The average Bonchev–Trinajstić information content (AvgIpc) is 2.67. The van der Waals surface area contributed by atoms with E-state index in [1.807, 2.05) is 13.8 Å². The Kier molecular flexibility index (Phi) is 7.64. The summed E-state index contributed by atoms with van der Waals surface area (Å²) in [6.45, 7) is 7.92. The number of unbranched alkanes of at least 4 members (excludes halogenated alkanes) is 1. The number of piperazine rings is 1. The number of hydrogen-bond acceptors (Lipinski definition) is 4. The first-order valence-electron chi connectivity index (χ1n) is 9.54. The van der Waals surface area contributed by atoms with Crippen molar-refractivity contribution < 1.29 is 19.1 Å². The number of ether oxygens (including phenoxy) is 1. The summed E-state index contributed by atoms with van der Waals surface area (Å²) >= 11 is 0. The van der Waals surface area contributed by atoms with Crippen molar-refractivity contribution in [2.24, 2.45) is 0 Å². The highest BCUT2D eigenvalue weighted by Gasteiger charge is 2.28. The van der Waals surface area contributed by atoms with Crippen molar-refractivity contribution in [3.05, 3.63) is 29.8 Å². The van der Waals surface area contributed by atoms with Crippen LogP contribution in [-0.4, -0.2) is 66.3 Å². The zero-order valence-electron chi connectivity index (χ0n) is 16.4. The molecule has 7 nitrogen and oxygen atoms in total. The fraction of sp³-hybridized carbons (Fsp3) is 0.550. The third-order valence-electron chi connectivity index (χ3n) is 4.34. The van der Waals surface area contributed by atoms with Crippen LogP contribution in [0.4, 0.5) is 0 Å². The van der Waals surface area contributed by atoms with Crippen LogP contribution in [-0.2, 0) is 9.59 Å². The molecule has 1 aliphatic heterocycles. The van der Waals surface area contributed by atoms with Crippen LogP contribution in [0, 0.1) is 0 Å². The second kappa shape index (κ2) is 9.94. The van der Waals surface area contributed by atoms with Crippen LogP contribution in [0.2, 0.25) is 0 Å². The Labute approximate surface area is 160 Å². The summed E-state index contributed by atoms with van der Waals surface area (Å²) in [6.07, 6.45) is 2.07. The number of carbonyl (C=O) groups is 3. The zero-order valence-corrected chi connectivity index (χ0v) is 16.4. The van der Waals surface area contributed by atoms with Gasteiger partial charge in [0.05, 0.1) is 6.61 Å². The number of hydrogen-bond donors (Lipinski definition) is 1. The standard InChI is InChI=1S/C20H29N3O4/c1-4-5-14-27-17-8-6-16(7-9-17)19(25)22-10-12-23(13-11-22)20(26)18(24)21-15(2)3/h6-9,15H,4-5,10-14H2,1-3H3,(H,21,24). The molecule has 3 amide bonds. The third kappa shape index (κ3) is 5.98. The molecule has 0 bridgehead atoms. The van der Waals surface area contributed by atoms with Crippen LogP contribution in [0.5, 0.6) is 5.75 Å². The van der Waals surface area contributed by atoms with Crippen molar-refractivity contribution in [1.82, 2.24) is 15.1 Å². The Hall–Kier alpha value is -2.57. The van der Waals surface area contributed by atoms with E-state index >= 15 is 0 Å². The van der Waals surface area contributed by atoms with Gasteiger partial charge in [-0.25, -0.2) is 0 Å². The number of benzene rings is 1. The molecule has 0 saturated carbocycles. The molecule has 1 aromatic carbocycles. The monoisotopic (exact) mass is 375 g/mol. The smallest absolute Gasteiger partial charge is 0.312 e. The highest BCUT2D eigenvalue weighted by Crippen LogP contribution is 2.15. The van der Waals surface area contributed by atoms with Crippen LogP contribution < -0.4 is 10.1 Å². The number of nitrogens with one attached hydrogen (secondary N) is 1. The van der Waals surface area contributed by atoms with Crippen LogP contribution in [0.3, 0.4) is 0 Å². The molecule has 0 aromatic heterocycles. The summed E-state index contributed by atoms with van der Waals surface area (Å²) in [4.78, 5) is 39.8. The Morgan fingerprint density at radius 3 is 2.19 bits per heavy atom. The average molecular weight is 375 g/mol. The molecule has 1 N–H and O–H groups in total. The number of amides is 3. The minimum Gasteiger partial charge on any atom is -0.494 e. The van der Waals surface area contributed by atoms with Gasteiger partial charge in [0, 0.05) is 37.8 Å². The number of carbonyl (C=O) groups excluding carboxylic acids is 3. The van der Waals surface area contributed by atoms with E-state index in [-0.39, 0.29) is 11.9 Å². The fourth-order valence-electron chi connectivity index (χ4n) is 2.79. The summed E-state index contributed by atoms with van der Waals surface area (Å²) in [6, 6.07) is 7.05. The van der Waals surface area contributed by atoms with Crippen molar-refractivity contribution in [1.29, 1.82) is 0 Å². The normalized spacial score (nSPS) is 14.2. The molecular formula is C20H29N3O4. The van der Waals surface area contributed by atoms with Gasteiger partial charge in [0.1, 0.15) is 5.75 Å². The minimum absolute atomic E-state index is 0.0751. The molecule has 1 aliphatic rings. The lowest BCUT2D eigenvalue weighted by atomic mass is 10.1. The van der Waals surface area contributed by atoms with Crippen molar-refractivity contribution in [3.8, 4) is 5.75 Å². The molecule has 27 heavy (non-hydrogen) atoms. The van der Waals surface area contributed by atoms with Gasteiger partial charge < -0.3 is 19.9 Å². The van der Waals surface area contributed by atoms with E-state index in [4.69, 9.17) is 4.74 Å². The van der Waals surface area contributed by atoms with E-state index in [0.717, 1.165) is 18.6 Å². The summed E-state index contributed by atoms with van der Waals surface area (Å²) in [5.74, 6) is -0.451. The predicted octanol–water partition coefficient (Wildman–Crippen LogP) is 1.67. The van der Waals surface area contributed by atoms with Gasteiger partial charge in [-0.05, 0) is 44.5 Å². The van der Waals surface area contributed by atoms with Crippen molar-refractivity contribution in [2.45, 2.75) is 39.7 Å². The number of nitrogens with zero attached hydrogens (tertiary/aromatic N) is 2. The minimum atomic E-state index is -0.594. The maximum atomic E-state index is 12.6. The zero-order chi connectivity index (χ0) is 19.8. The molecule has 7 heteroatoms. The fourth-order valence-corrected chi connectivity index (χ4v) is 2.79. The topological polar surface area (TPSA) is 79.0 Å². The molecule has 0 aliphatic carbocycles. The van der Waals surface area contributed by atoms with Gasteiger partial charge >= 0.3 is 11.8 Å². The van der Waals surface area contributed by atoms with Crippen LogP contribution in [0.25, 0.3) is 0 Å². The summed E-state index contributed by atoms with van der Waals surface area (Å²) in [5.41, 5.74) is 0.593. The highest BCUT2D eigenvalue weighted by molar-refractivity contribution is 6.35. The Bertz CT molecular complexity index is 650. The molecule has 0 spiro atoms. The van der Waals surface area contributed by atoms with Crippen molar-refractivity contribution >= 4 is 17.7 Å². The first-order chi connectivity index (χ1) is 12.9. The lowest BCUT2D eigenvalue weighted by Crippen LogP contribution is -2.54. The van der Waals surface area contributed by atoms with Gasteiger partial charge in [-0.3, -0.25) is 14.4 Å². The SMILES string of the molecule is CCCCOc1ccc(C(=O)N2CCN(C(=O)C(=O)NC(C)C)CC2)cc1. The van der Waals surface area contributed by atoms with Gasteiger partial charge in [-0.15, -0.1) is 0 Å². The second-order valence-corrected chi connectivity index (χ2v) is 6.94. The molecule has 0 unspecified atom stereocenters. The largest absolute Gasteiger partial charge is 0.494 e. The molecule has 1 saturated heterocycles. The Balaban J connectivity index is 1.85. The molecule has 2 rings (SSSR count). The lowest BCUT2D eigenvalue weighted by Gasteiger charge is -2.34. The highest BCUT2D eigenvalue weighted by atomic mass is 16.5. The number of rotatable bonds is 6. The molecular weight excluding hydrogens is 346 g/mol. The summed E-state index contributed by atoms with van der Waals surface area (Å²) < 4.78 is 5.61. The molecule has 1 aromatic rings. The van der Waals surface area contributed by atoms with Crippen molar-refractivity contribution in [2.75, 3.05) is 32.8 Å². The van der Waals surface area contributed by atoms with Crippen molar-refractivity contribution in [3.63, 3.8) is 0 Å². The summed E-state index contributed by atoms with van der Waals surface area (Å²) in [7, 11) is 0. The predicted molar refractivity (Wildman–Crippen MR) is 103 cm³/mol. The van der Waals surface area contributed by atoms with E-state index in [9.17, 15) is 14.4 Å². The molecule has 1 heterocycles. The van der Waals surface area contributed by atoms with Gasteiger partial charge in [0.2, 0.25) is 0 Å². The van der Waals surface area contributed by atoms with Crippen LogP contribution in [0.15, 0.2) is 24.3 Å². The first kappa shape index (κ1) is 20.7. The van der Waals surface area contributed by atoms with E-state index in [2.05, 4.69) is 12.2 Å². The van der Waals surface area contributed by atoms with Crippen LogP contribution in [0.1, 0.15) is 44.0 Å². The van der Waals surface area contributed by atoms with E-state index in [1.165, 1.54) is 4.90 Å². The Morgan fingerprint density at radius 1 is 1.04 bits per heavy atom. The van der Waals surface area contributed by atoms with Crippen LogP contribution >= 0.6 is 0 Å². The van der Waals surface area contributed by atoms with Gasteiger partial charge in [0.15, 0.2) is 0 Å². The Morgan fingerprint density at radius 2 is 1.63 bits per heavy atom. The molecule has 0 atom stereocenters. The summed E-state index contributed by atoms with van der Waals surface area (Å²) in [5, 5.41) is 2.60.